The lowest BCUT2D eigenvalue weighted by atomic mass is 9.66. The summed E-state index contributed by atoms with van der Waals surface area (Å²) in [5.41, 5.74) is 3.39. The van der Waals surface area contributed by atoms with Crippen LogP contribution in [0.4, 0.5) is 5.69 Å². The molecule has 31 heavy (non-hydrogen) atoms. The van der Waals surface area contributed by atoms with E-state index >= 15 is 0 Å². The van der Waals surface area contributed by atoms with Crippen LogP contribution in [0.25, 0.3) is 6.08 Å². The number of hydrogen-bond donors (Lipinski definition) is 1. The van der Waals surface area contributed by atoms with Crippen LogP contribution in [0.1, 0.15) is 63.1 Å². The summed E-state index contributed by atoms with van der Waals surface area (Å²) < 4.78 is 0. The number of fused-ring (bicyclic) bond motifs is 1. The highest BCUT2D eigenvalue weighted by atomic mass is 16.3. The Balaban J connectivity index is 1.59. The molecule has 1 aliphatic heterocycles. The van der Waals surface area contributed by atoms with Gasteiger partial charge in [0.2, 0.25) is 0 Å². The molecular formula is C28H38N2O. The third-order valence-electron chi connectivity index (χ3n) is 7.48. The van der Waals surface area contributed by atoms with Crippen LogP contribution < -0.4 is 4.90 Å². The van der Waals surface area contributed by atoms with Gasteiger partial charge in [0.05, 0.1) is 5.60 Å². The summed E-state index contributed by atoms with van der Waals surface area (Å²) in [6.07, 6.45) is 9.88. The fourth-order valence-electron chi connectivity index (χ4n) is 5.75. The van der Waals surface area contributed by atoms with Crippen LogP contribution in [0, 0.1) is 5.92 Å². The average Bonchev–Trinajstić information content (AvgIpc) is 2.81. The third-order valence-corrected chi connectivity index (χ3v) is 7.48. The van der Waals surface area contributed by atoms with Gasteiger partial charge in [-0.25, -0.2) is 0 Å². The first kappa shape index (κ1) is 22.1. The molecule has 1 saturated carbocycles. The molecule has 1 N–H and O–H groups in total. The Bertz CT molecular complexity index is 843. The van der Waals surface area contributed by atoms with Gasteiger partial charge in [-0.05, 0) is 56.4 Å². The molecule has 3 unspecified atom stereocenters. The molecule has 2 fully saturated rings. The summed E-state index contributed by atoms with van der Waals surface area (Å²) >= 11 is 0. The van der Waals surface area contributed by atoms with Crippen molar-refractivity contribution < 1.29 is 5.11 Å². The summed E-state index contributed by atoms with van der Waals surface area (Å²) in [6, 6.07) is 20.0. The van der Waals surface area contributed by atoms with E-state index in [4.69, 9.17) is 0 Å². The molecule has 1 aliphatic carbocycles. The zero-order chi connectivity index (χ0) is 21.7. The van der Waals surface area contributed by atoms with Crippen molar-refractivity contribution in [3.05, 3.63) is 71.8 Å². The van der Waals surface area contributed by atoms with E-state index in [0.29, 0.717) is 5.92 Å². The molecular weight excluding hydrogens is 380 g/mol. The molecule has 1 heterocycles. The van der Waals surface area contributed by atoms with E-state index in [9.17, 15) is 5.11 Å². The highest BCUT2D eigenvalue weighted by Gasteiger charge is 2.48. The number of aliphatic hydroxyl groups is 1. The maximum atomic E-state index is 11.5. The molecule has 1 saturated heterocycles. The quantitative estimate of drug-likeness (QED) is 0.605. The Morgan fingerprint density at radius 2 is 1.74 bits per heavy atom. The van der Waals surface area contributed by atoms with Crippen molar-refractivity contribution in [2.45, 2.75) is 57.6 Å². The standard InChI is InChI=1S/C28H38N2O/c1-3-29(4-2)25-17-15-24(16-18-25)27-26-14-8-9-19-28(26,31)20-22-30(27)21-10-13-23-11-6-5-7-12-23/h5-7,10-13,15-18,26-27,31H,3-4,8-9,14,19-22H2,1-2H3/b13-10+. The van der Waals surface area contributed by atoms with Crippen molar-refractivity contribution in [2.75, 3.05) is 31.1 Å². The van der Waals surface area contributed by atoms with E-state index < -0.39 is 5.60 Å². The first-order chi connectivity index (χ1) is 15.1. The summed E-state index contributed by atoms with van der Waals surface area (Å²) in [7, 11) is 0. The average molecular weight is 419 g/mol. The van der Waals surface area contributed by atoms with Crippen LogP contribution in [0.3, 0.4) is 0 Å². The molecule has 2 aromatic rings. The second-order valence-electron chi connectivity index (χ2n) is 9.22. The van der Waals surface area contributed by atoms with Gasteiger partial charge in [-0.2, -0.15) is 0 Å². The first-order valence-corrected chi connectivity index (χ1v) is 12.2. The number of rotatable bonds is 7. The van der Waals surface area contributed by atoms with Gasteiger partial charge in [0, 0.05) is 43.8 Å². The molecule has 4 rings (SSSR count). The largest absolute Gasteiger partial charge is 0.389 e. The van der Waals surface area contributed by atoms with E-state index in [0.717, 1.165) is 51.9 Å². The van der Waals surface area contributed by atoms with E-state index in [1.165, 1.54) is 23.2 Å². The Labute approximate surface area is 188 Å². The normalized spacial score (nSPS) is 26.7. The number of piperidine rings is 1. The lowest BCUT2D eigenvalue weighted by Crippen LogP contribution is -2.54. The van der Waals surface area contributed by atoms with Crippen LogP contribution in [0.15, 0.2) is 60.7 Å². The number of likely N-dealkylation sites (tertiary alicyclic amines) is 1. The van der Waals surface area contributed by atoms with Crippen molar-refractivity contribution in [2.24, 2.45) is 5.92 Å². The van der Waals surface area contributed by atoms with Gasteiger partial charge in [0.1, 0.15) is 0 Å². The fourth-order valence-corrected chi connectivity index (χ4v) is 5.75. The van der Waals surface area contributed by atoms with Crippen molar-refractivity contribution in [1.82, 2.24) is 4.90 Å². The second kappa shape index (κ2) is 10.0. The van der Waals surface area contributed by atoms with Crippen molar-refractivity contribution >= 4 is 11.8 Å². The number of hydrogen-bond acceptors (Lipinski definition) is 3. The molecule has 3 atom stereocenters. The Hall–Kier alpha value is -2.10. The van der Waals surface area contributed by atoms with Gasteiger partial charge in [0.25, 0.3) is 0 Å². The molecule has 2 aliphatic rings. The molecule has 0 aromatic heterocycles. The SMILES string of the molecule is CCN(CC)c1ccc(C2C3CCCCC3(O)CCN2C/C=C/c2ccccc2)cc1. The molecule has 0 bridgehead atoms. The van der Waals surface area contributed by atoms with E-state index in [1.54, 1.807) is 0 Å². The smallest absolute Gasteiger partial charge is 0.0706 e. The van der Waals surface area contributed by atoms with Crippen LogP contribution in [0.2, 0.25) is 0 Å². The van der Waals surface area contributed by atoms with E-state index in [2.05, 4.69) is 90.4 Å². The minimum atomic E-state index is -0.500. The van der Waals surface area contributed by atoms with Crippen LogP contribution in [-0.4, -0.2) is 41.8 Å². The summed E-state index contributed by atoms with van der Waals surface area (Å²) in [5, 5.41) is 11.5. The number of nitrogens with zero attached hydrogens (tertiary/aromatic N) is 2. The van der Waals surface area contributed by atoms with E-state index in [-0.39, 0.29) is 6.04 Å². The Kier molecular flexibility index (Phi) is 7.14. The zero-order valence-corrected chi connectivity index (χ0v) is 19.2. The molecule has 0 amide bonds. The Morgan fingerprint density at radius 1 is 1.00 bits per heavy atom. The number of anilines is 1. The van der Waals surface area contributed by atoms with Gasteiger partial charge >= 0.3 is 0 Å². The summed E-state index contributed by atoms with van der Waals surface area (Å²) in [5.74, 6) is 0.319. The van der Waals surface area contributed by atoms with Crippen molar-refractivity contribution in [3.8, 4) is 0 Å². The van der Waals surface area contributed by atoms with Crippen molar-refractivity contribution in [3.63, 3.8) is 0 Å². The first-order valence-electron chi connectivity index (χ1n) is 12.2. The maximum Gasteiger partial charge on any atom is 0.0706 e. The van der Waals surface area contributed by atoms with Gasteiger partial charge in [0.15, 0.2) is 0 Å². The van der Waals surface area contributed by atoms with Gasteiger partial charge in [-0.3, -0.25) is 4.90 Å². The highest BCUT2D eigenvalue weighted by molar-refractivity contribution is 5.49. The third kappa shape index (κ3) is 4.88. The molecule has 0 radical (unpaired) electrons. The zero-order valence-electron chi connectivity index (χ0n) is 19.2. The lowest BCUT2D eigenvalue weighted by Gasteiger charge is -2.52. The van der Waals surface area contributed by atoms with Crippen LogP contribution in [0.5, 0.6) is 0 Å². The predicted molar refractivity (Wildman–Crippen MR) is 131 cm³/mol. The molecule has 3 heteroatoms. The summed E-state index contributed by atoms with van der Waals surface area (Å²) in [4.78, 5) is 4.98. The minimum absolute atomic E-state index is 0.283. The minimum Gasteiger partial charge on any atom is -0.389 e. The Morgan fingerprint density at radius 3 is 2.45 bits per heavy atom. The molecule has 2 aromatic carbocycles. The molecule has 3 nitrogen and oxygen atoms in total. The van der Waals surface area contributed by atoms with Crippen LogP contribution in [-0.2, 0) is 0 Å². The van der Waals surface area contributed by atoms with Gasteiger partial charge in [-0.1, -0.05) is 67.5 Å². The topological polar surface area (TPSA) is 26.7 Å². The second-order valence-corrected chi connectivity index (χ2v) is 9.22. The fraction of sp³-hybridized carbons (Fsp3) is 0.500. The highest BCUT2D eigenvalue weighted by Crippen LogP contribution is 2.49. The van der Waals surface area contributed by atoms with Crippen LogP contribution >= 0.6 is 0 Å². The monoisotopic (exact) mass is 418 g/mol. The number of benzene rings is 2. The maximum absolute atomic E-state index is 11.5. The van der Waals surface area contributed by atoms with Gasteiger partial charge in [-0.15, -0.1) is 0 Å². The molecule has 0 spiro atoms. The van der Waals surface area contributed by atoms with E-state index in [1.807, 2.05) is 0 Å². The summed E-state index contributed by atoms with van der Waals surface area (Å²) in [6.45, 7) is 8.34. The lowest BCUT2D eigenvalue weighted by molar-refractivity contribution is -0.122. The molecule has 166 valence electrons. The predicted octanol–water partition coefficient (Wildman–Crippen LogP) is 5.91. The van der Waals surface area contributed by atoms with Gasteiger partial charge < -0.3 is 10.0 Å². The van der Waals surface area contributed by atoms with Crippen molar-refractivity contribution in [1.29, 1.82) is 0 Å².